The summed E-state index contributed by atoms with van der Waals surface area (Å²) >= 11 is 0. The van der Waals surface area contributed by atoms with E-state index in [9.17, 15) is 9.18 Å². The summed E-state index contributed by atoms with van der Waals surface area (Å²) in [6, 6.07) is 17.2. The van der Waals surface area contributed by atoms with E-state index in [1.807, 2.05) is 0 Å². The first-order valence-electron chi connectivity index (χ1n) is 8.16. The monoisotopic (exact) mass is 362 g/mol. The summed E-state index contributed by atoms with van der Waals surface area (Å²) in [7, 11) is 0. The molecule has 0 aliphatic rings. The molecule has 0 bridgehead atoms. The molecule has 4 aromatic rings. The quantitative estimate of drug-likeness (QED) is 0.522. The van der Waals surface area contributed by atoms with Crippen molar-refractivity contribution in [1.82, 2.24) is 0 Å². The van der Waals surface area contributed by atoms with Crippen LogP contribution in [0.5, 0.6) is 11.5 Å². The fraction of sp³-hybridized carbons (Fsp3) is 0. The van der Waals surface area contributed by atoms with Gasteiger partial charge in [0, 0.05) is 23.4 Å². The van der Waals surface area contributed by atoms with Crippen molar-refractivity contribution in [3.05, 3.63) is 82.8 Å². The molecule has 0 saturated heterocycles. The highest BCUT2D eigenvalue weighted by Gasteiger charge is 2.09. The maximum absolute atomic E-state index is 13.3. The first kappa shape index (κ1) is 16.7. The Morgan fingerprint density at radius 2 is 1.67 bits per heavy atom. The van der Waals surface area contributed by atoms with E-state index in [2.05, 4.69) is 0 Å². The minimum atomic E-state index is -0.482. The number of nitrogen functional groups attached to an aromatic ring is 2. The first-order valence-corrected chi connectivity index (χ1v) is 8.16. The van der Waals surface area contributed by atoms with Crippen LogP contribution in [0.2, 0.25) is 0 Å². The number of anilines is 2. The number of nitrogens with two attached hydrogens (primary N) is 2. The van der Waals surface area contributed by atoms with Crippen LogP contribution in [0.25, 0.3) is 22.3 Å². The number of hydrogen-bond acceptors (Lipinski definition) is 5. The van der Waals surface area contributed by atoms with Crippen molar-refractivity contribution in [2.75, 3.05) is 11.5 Å². The number of ether oxygens (including phenoxy) is 1. The second-order valence-electron chi connectivity index (χ2n) is 6.04. The van der Waals surface area contributed by atoms with Crippen molar-refractivity contribution in [2.45, 2.75) is 0 Å². The van der Waals surface area contributed by atoms with Crippen LogP contribution in [0.15, 0.2) is 75.9 Å². The Morgan fingerprint density at radius 3 is 2.44 bits per heavy atom. The summed E-state index contributed by atoms with van der Waals surface area (Å²) in [5, 5.41) is 0.204. The highest BCUT2D eigenvalue weighted by Crippen LogP contribution is 2.31. The van der Waals surface area contributed by atoms with Gasteiger partial charge >= 0.3 is 0 Å². The summed E-state index contributed by atoms with van der Waals surface area (Å²) in [4.78, 5) is 12.2. The lowest BCUT2D eigenvalue weighted by molar-refractivity contribution is 0.485. The molecule has 1 heterocycles. The molecule has 4 N–H and O–H groups in total. The standard InChI is InChI=1S/C21H15FN2O3/c22-13-3-8-19-16(9-13)18(25)11-20(27-19)12-1-5-15(6-2-12)26-21-10-14(23)4-7-17(21)24/h1-11H,23-24H2. The van der Waals surface area contributed by atoms with E-state index in [0.29, 0.717) is 39.8 Å². The highest BCUT2D eigenvalue weighted by atomic mass is 19.1. The molecule has 5 nitrogen and oxygen atoms in total. The molecule has 3 aromatic carbocycles. The second kappa shape index (κ2) is 6.49. The van der Waals surface area contributed by atoms with Gasteiger partial charge < -0.3 is 20.6 Å². The van der Waals surface area contributed by atoms with Crippen molar-refractivity contribution in [2.24, 2.45) is 0 Å². The summed E-state index contributed by atoms with van der Waals surface area (Å²) in [5.41, 5.74) is 13.4. The number of benzene rings is 3. The van der Waals surface area contributed by atoms with Gasteiger partial charge in [-0.1, -0.05) is 0 Å². The van der Waals surface area contributed by atoms with Gasteiger partial charge in [0.15, 0.2) is 11.2 Å². The lowest BCUT2D eigenvalue weighted by Crippen LogP contribution is -2.00. The maximum Gasteiger partial charge on any atom is 0.193 e. The third-order valence-electron chi connectivity index (χ3n) is 4.09. The largest absolute Gasteiger partial charge is 0.456 e. The summed E-state index contributed by atoms with van der Waals surface area (Å²) < 4.78 is 24.8. The number of rotatable bonds is 3. The first-order chi connectivity index (χ1) is 13.0. The van der Waals surface area contributed by atoms with Gasteiger partial charge in [-0.15, -0.1) is 0 Å². The molecular weight excluding hydrogens is 347 g/mol. The van der Waals surface area contributed by atoms with Crippen LogP contribution in [-0.2, 0) is 0 Å². The van der Waals surface area contributed by atoms with E-state index in [0.717, 1.165) is 6.07 Å². The number of halogens is 1. The van der Waals surface area contributed by atoms with Gasteiger partial charge in [-0.2, -0.15) is 0 Å². The highest BCUT2D eigenvalue weighted by molar-refractivity contribution is 5.78. The predicted octanol–water partition coefficient (Wildman–Crippen LogP) is 4.56. The van der Waals surface area contributed by atoms with Gasteiger partial charge in [0.05, 0.1) is 11.1 Å². The summed E-state index contributed by atoms with van der Waals surface area (Å²) in [6.45, 7) is 0. The topological polar surface area (TPSA) is 91.5 Å². The van der Waals surface area contributed by atoms with Crippen molar-refractivity contribution in [3.63, 3.8) is 0 Å². The van der Waals surface area contributed by atoms with Crippen LogP contribution in [0.3, 0.4) is 0 Å². The zero-order valence-corrected chi connectivity index (χ0v) is 14.1. The lowest BCUT2D eigenvalue weighted by atomic mass is 10.1. The second-order valence-corrected chi connectivity index (χ2v) is 6.04. The Kier molecular flexibility index (Phi) is 4.01. The Labute approximate surface area is 153 Å². The molecule has 0 spiro atoms. The van der Waals surface area contributed by atoms with E-state index in [-0.39, 0.29) is 10.8 Å². The molecule has 4 rings (SSSR count). The van der Waals surface area contributed by atoms with Crippen LogP contribution < -0.4 is 21.6 Å². The average molecular weight is 362 g/mol. The minimum absolute atomic E-state index is 0.204. The maximum atomic E-state index is 13.3. The molecule has 1 aromatic heterocycles. The Hall–Kier alpha value is -3.80. The van der Waals surface area contributed by atoms with Crippen molar-refractivity contribution >= 4 is 22.3 Å². The van der Waals surface area contributed by atoms with Gasteiger partial charge in [0.2, 0.25) is 0 Å². The molecule has 134 valence electrons. The van der Waals surface area contributed by atoms with Gasteiger partial charge in [0.25, 0.3) is 0 Å². The average Bonchev–Trinajstić information content (AvgIpc) is 2.66. The van der Waals surface area contributed by atoms with Crippen LogP contribution in [-0.4, -0.2) is 0 Å². The predicted molar refractivity (Wildman–Crippen MR) is 103 cm³/mol. The normalized spacial score (nSPS) is 10.9. The molecular formula is C21H15FN2O3. The van der Waals surface area contributed by atoms with Gasteiger partial charge in [-0.3, -0.25) is 4.79 Å². The third kappa shape index (κ3) is 3.32. The number of hydrogen-bond donors (Lipinski definition) is 2. The van der Waals surface area contributed by atoms with Crippen LogP contribution >= 0.6 is 0 Å². The molecule has 0 aliphatic carbocycles. The molecule has 0 amide bonds. The Bertz CT molecular complexity index is 1200. The zero-order chi connectivity index (χ0) is 19.0. The Balaban J connectivity index is 1.66. The fourth-order valence-electron chi connectivity index (χ4n) is 2.72. The van der Waals surface area contributed by atoms with Crippen molar-refractivity contribution in [3.8, 4) is 22.8 Å². The van der Waals surface area contributed by atoms with E-state index in [1.165, 1.54) is 18.2 Å². The molecule has 0 unspecified atom stereocenters. The lowest BCUT2D eigenvalue weighted by Gasteiger charge is -2.10. The van der Waals surface area contributed by atoms with E-state index in [4.69, 9.17) is 20.6 Å². The third-order valence-corrected chi connectivity index (χ3v) is 4.09. The van der Waals surface area contributed by atoms with Crippen molar-refractivity contribution in [1.29, 1.82) is 0 Å². The van der Waals surface area contributed by atoms with Crippen LogP contribution in [0.4, 0.5) is 15.8 Å². The summed E-state index contributed by atoms with van der Waals surface area (Å²) in [6.07, 6.45) is 0. The summed E-state index contributed by atoms with van der Waals surface area (Å²) in [5.74, 6) is 0.919. The molecule has 27 heavy (non-hydrogen) atoms. The van der Waals surface area contributed by atoms with Crippen LogP contribution in [0.1, 0.15) is 0 Å². The van der Waals surface area contributed by atoms with Crippen LogP contribution in [0, 0.1) is 5.82 Å². The van der Waals surface area contributed by atoms with E-state index < -0.39 is 5.82 Å². The fourth-order valence-corrected chi connectivity index (χ4v) is 2.72. The zero-order valence-electron chi connectivity index (χ0n) is 14.1. The molecule has 6 heteroatoms. The van der Waals surface area contributed by atoms with E-state index >= 15 is 0 Å². The minimum Gasteiger partial charge on any atom is -0.456 e. The molecule has 0 atom stereocenters. The Morgan fingerprint density at radius 1 is 0.889 bits per heavy atom. The van der Waals surface area contributed by atoms with Gasteiger partial charge in [0.1, 0.15) is 22.9 Å². The molecule has 0 radical (unpaired) electrons. The number of fused-ring (bicyclic) bond motifs is 1. The molecule has 0 fully saturated rings. The molecule has 0 aliphatic heterocycles. The van der Waals surface area contributed by atoms with E-state index in [1.54, 1.807) is 42.5 Å². The van der Waals surface area contributed by atoms with Gasteiger partial charge in [-0.25, -0.2) is 4.39 Å². The smallest absolute Gasteiger partial charge is 0.193 e. The van der Waals surface area contributed by atoms with Crippen molar-refractivity contribution < 1.29 is 13.5 Å². The van der Waals surface area contributed by atoms with Gasteiger partial charge in [-0.05, 0) is 54.6 Å². The SMILES string of the molecule is Nc1ccc(N)c(Oc2ccc(-c3cc(=O)c4cc(F)ccc4o3)cc2)c1. The molecule has 0 saturated carbocycles.